The zero-order valence-electron chi connectivity index (χ0n) is 12.2. The van der Waals surface area contributed by atoms with Gasteiger partial charge < -0.3 is 15.0 Å². The Morgan fingerprint density at radius 3 is 3.10 bits per heavy atom. The fraction of sp³-hybridized carbons (Fsp3) is 0.375. The summed E-state index contributed by atoms with van der Waals surface area (Å²) in [7, 11) is 0. The third-order valence-electron chi connectivity index (χ3n) is 3.50. The predicted molar refractivity (Wildman–Crippen MR) is 82.4 cm³/mol. The molecule has 5 nitrogen and oxygen atoms in total. The van der Waals surface area contributed by atoms with Gasteiger partial charge in [0.15, 0.2) is 0 Å². The second kappa shape index (κ2) is 6.54. The van der Waals surface area contributed by atoms with Crippen LogP contribution in [0.4, 0.5) is 5.82 Å². The van der Waals surface area contributed by atoms with Crippen LogP contribution < -0.4 is 15.0 Å². The minimum atomic E-state index is 0.663. The maximum atomic E-state index is 5.79. The van der Waals surface area contributed by atoms with E-state index in [0.717, 1.165) is 43.4 Å². The van der Waals surface area contributed by atoms with Crippen LogP contribution in [0.25, 0.3) is 0 Å². The minimum absolute atomic E-state index is 0.663. The van der Waals surface area contributed by atoms with Crippen LogP contribution in [0, 0.1) is 0 Å². The molecule has 1 aromatic heterocycles. The van der Waals surface area contributed by atoms with E-state index in [1.54, 1.807) is 0 Å². The van der Waals surface area contributed by atoms with Crippen molar-refractivity contribution in [2.24, 2.45) is 0 Å². The Kier molecular flexibility index (Phi) is 4.31. The number of nitrogens with one attached hydrogen (secondary N) is 1. The molecule has 0 saturated carbocycles. The van der Waals surface area contributed by atoms with Crippen molar-refractivity contribution in [3.63, 3.8) is 0 Å². The maximum Gasteiger partial charge on any atom is 0.147 e. The number of ether oxygens (including phenoxy) is 1. The van der Waals surface area contributed by atoms with Gasteiger partial charge in [-0.25, -0.2) is 4.98 Å². The van der Waals surface area contributed by atoms with Crippen LogP contribution in [0.2, 0.25) is 0 Å². The zero-order chi connectivity index (χ0) is 14.5. The summed E-state index contributed by atoms with van der Waals surface area (Å²) in [4.78, 5) is 11.2. The molecule has 0 fully saturated rings. The molecule has 21 heavy (non-hydrogen) atoms. The van der Waals surface area contributed by atoms with E-state index in [1.807, 2.05) is 30.6 Å². The second-order valence-electron chi connectivity index (χ2n) is 5.03. The second-order valence-corrected chi connectivity index (χ2v) is 5.03. The van der Waals surface area contributed by atoms with Crippen LogP contribution in [-0.4, -0.2) is 29.7 Å². The van der Waals surface area contributed by atoms with Gasteiger partial charge in [-0.2, -0.15) is 0 Å². The molecule has 2 aromatic rings. The fourth-order valence-electron chi connectivity index (χ4n) is 2.41. The van der Waals surface area contributed by atoms with Gasteiger partial charge in [0.2, 0.25) is 0 Å². The number of fused-ring (bicyclic) bond motifs is 1. The van der Waals surface area contributed by atoms with Crippen molar-refractivity contribution in [1.82, 2.24) is 15.3 Å². The van der Waals surface area contributed by atoms with E-state index < -0.39 is 0 Å². The molecular formula is C16H20N4O. The van der Waals surface area contributed by atoms with Crippen molar-refractivity contribution in [1.29, 1.82) is 0 Å². The average molecular weight is 284 g/mol. The molecule has 0 aliphatic carbocycles. The van der Waals surface area contributed by atoms with E-state index in [4.69, 9.17) is 9.72 Å². The molecule has 0 unspecified atom stereocenters. The van der Waals surface area contributed by atoms with Crippen molar-refractivity contribution in [3.8, 4) is 5.75 Å². The quantitative estimate of drug-likeness (QED) is 0.930. The fourth-order valence-corrected chi connectivity index (χ4v) is 2.41. The van der Waals surface area contributed by atoms with Gasteiger partial charge >= 0.3 is 0 Å². The number of hydrogen-bond donors (Lipinski definition) is 1. The third kappa shape index (κ3) is 3.31. The van der Waals surface area contributed by atoms with Crippen molar-refractivity contribution in [2.75, 3.05) is 24.6 Å². The van der Waals surface area contributed by atoms with Crippen LogP contribution in [0.15, 0.2) is 36.7 Å². The zero-order valence-corrected chi connectivity index (χ0v) is 12.2. The average Bonchev–Trinajstić information content (AvgIpc) is 2.75. The Morgan fingerprint density at radius 1 is 1.29 bits per heavy atom. The Labute approximate surface area is 125 Å². The molecule has 110 valence electrons. The molecule has 1 aromatic carbocycles. The summed E-state index contributed by atoms with van der Waals surface area (Å²) in [5, 5.41) is 3.28. The number of rotatable bonds is 4. The highest BCUT2D eigenvalue weighted by atomic mass is 16.5. The normalized spacial score (nSPS) is 14.2. The summed E-state index contributed by atoms with van der Waals surface area (Å²) in [6, 6.07) is 8.17. The molecule has 0 bridgehead atoms. The third-order valence-corrected chi connectivity index (χ3v) is 3.50. The van der Waals surface area contributed by atoms with Crippen molar-refractivity contribution < 1.29 is 4.74 Å². The number of anilines is 1. The van der Waals surface area contributed by atoms with E-state index >= 15 is 0 Å². The van der Waals surface area contributed by atoms with E-state index in [1.165, 1.54) is 5.56 Å². The van der Waals surface area contributed by atoms with Crippen LogP contribution >= 0.6 is 0 Å². The molecule has 1 aliphatic heterocycles. The SMILES string of the molecule is CCNCc1cncc(N2CCOc3ccccc3C2)n1. The van der Waals surface area contributed by atoms with Crippen LogP contribution in [0.3, 0.4) is 0 Å². The standard InChI is InChI=1S/C16H20N4O/c1-2-17-9-14-10-18-11-16(19-14)20-7-8-21-15-6-4-3-5-13(15)12-20/h3-6,10-11,17H,2,7-9,12H2,1H3. The molecule has 0 atom stereocenters. The lowest BCUT2D eigenvalue weighted by Gasteiger charge is -2.21. The molecular weight excluding hydrogens is 264 g/mol. The lowest BCUT2D eigenvalue weighted by atomic mass is 10.2. The van der Waals surface area contributed by atoms with Crippen LogP contribution in [0.5, 0.6) is 5.75 Å². The highest BCUT2D eigenvalue weighted by molar-refractivity contribution is 5.43. The lowest BCUT2D eigenvalue weighted by Crippen LogP contribution is -2.27. The molecule has 0 spiro atoms. The van der Waals surface area contributed by atoms with Gasteiger partial charge in [-0.1, -0.05) is 25.1 Å². The van der Waals surface area contributed by atoms with Gasteiger partial charge in [0.25, 0.3) is 0 Å². The van der Waals surface area contributed by atoms with Crippen LogP contribution in [-0.2, 0) is 13.1 Å². The molecule has 5 heteroatoms. The summed E-state index contributed by atoms with van der Waals surface area (Å²) in [5.41, 5.74) is 2.15. The van der Waals surface area contributed by atoms with E-state index in [9.17, 15) is 0 Å². The molecule has 1 aliphatic rings. The Bertz CT molecular complexity index is 602. The molecule has 2 heterocycles. The predicted octanol–water partition coefficient (Wildman–Crippen LogP) is 1.99. The number of hydrogen-bond acceptors (Lipinski definition) is 5. The molecule has 3 rings (SSSR count). The summed E-state index contributed by atoms with van der Waals surface area (Å²) in [5.74, 6) is 1.88. The number of benzene rings is 1. The minimum Gasteiger partial charge on any atom is -0.491 e. The Morgan fingerprint density at radius 2 is 2.19 bits per heavy atom. The van der Waals surface area contributed by atoms with E-state index in [2.05, 4.69) is 28.2 Å². The Balaban J connectivity index is 1.80. The summed E-state index contributed by atoms with van der Waals surface area (Å²) in [6.07, 6.45) is 3.64. The lowest BCUT2D eigenvalue weighted by molar-refractivity contribution is 0.331. The van der Waals surface area contributed by atoms with Gasteiger partial charge in [0, 0.05) is 24.8 Å². The largest absolute Gasteiger partial charge is 0.491 e. The van der Waals surface area contributed by atoms with Crippen molar-refractivity contribution in [3.05, 3.63) is 47.9 Å². The molecule has 0 amide bonds. The van der Waals surface area contributed by atoms with Crippen molar-refractivity contribution in [2.45, 2.75) is 20.0 Å². The smallest absolute Gasteiger partial charge is 0.147 e. The summed E-state index contributed by atoms with van der Waals surface area (Å²) in [6.45, 7) is 6.04. The molecule has 1 N–H and O–H groups in total. The summed E-state index contributed by atoms with van der Waals surface area (Å²) < 4.78 is 5.79. The first-order chi connectivity index (χ1) is 10.4. The highest BCUT2D eigenvalue weighted by Gasteiger charge is 2.16. The first-order valence-corrected chi connectivity index (χ1v) is 7.34. The summed E-state index contributed by atoms with van der Waals surface area (Å²) >= 11 is 0. The van der Waals surface area contributed by atoms with Gasteiger partial charge in [0.1, 0.15) is 18.2 Å². The topological polar surface area (TPSA) is 50.3 Å². The Hall–Kier alpha value is -2.14. The van der Waals surface area contributed by atoms with Gasteiger partial charge in [-0.05, 0) is 12.6 Å². The van der Waals surface area contributed by atoms with Crippen molar-refractivity contribution >= 4 is 5.82 Å². The first kappa shape index (κ1) is 13.8. The first-order valence-electron chi connectivity index (χ1n) is 7.34. The highest BCUT2D eigenvalue weighted by Crippen LogP contribution is 2.24. The monoisotopic (exact) mass is 284 g/mol. The van der Waals surface area contributed by atoms with Gasteiger partial charge in [-0.3, -0.25) is 4.98 Å². The molecule has 0 radical (unpaired) electrons. The maximum absolute atomic E-state index is 5.79. The number of nitrogens with zero attached hydrogens (tertiary/aromatic N) is 3. The molecule has 0 saturated heterocycles. The van der Waals surface area contributed by atoms with Gasteiger partial charge in [-0.15, -0.1) is 0 Å². The van der Waals surface area contributed by atoms with Crippen LogP contribution in [0.1, 0.15) is 18.2 Å². The van der Waals surface area contributed by atoms with Gasteiger partial charge in [0.05, 0.1) is 18.4 Å². The number of para-hydroxylation sites is 1. The van der Waals surface area contributed by atoms with E-state index in [0.29, 0.717) is 6.61 Å². The van der Waals surface area contributed by atoms with E-state index in [-0.39, 0.29) is 0 Å². The number of aromatic nitrogens is 2.